The molecule has 0 bridgehead atoms. The van der Waals surface area contributed by atoms with Gasteiger partial charge < -0.3 is 5.32 Å². The highest BCUT2D eigenvalue weighted by molar-refractivity contribution is 4.99. The van der Waals surface area contributed by atoms with E-state index in [9.17, 15) is 0 Å². The van der Waals surface area contributed by atoms with Gasteiger partial charge in [0.1, 0.15) is 0 Å². The first-order chi connectivity index (χ1) is 4.27. The second-order valence-electron chi connectivity index (χ2n) is 1.99. The molecule has 0 aliphatic rings. The summed E-state index contributed by atoms with van der Waals surface area (Å²) in [5, 5.41) is 3.11. The first kappa shape index (κ1) is 8.26. The van der Waals surface area contributed by atoms with E-state index in [4.69, 9.17) is 0 Å². The lowest BCUT2D eigenvalue weighted by molar-refractivity contribution is 0.828. The molecular weight excluding hydrogens is 110 g/mol. The summed E-state index contributed by atoms with van der Waals surface area (Å²) in [6.45, 7) is 9.21. The quantitative estimate of drug-likeness (QED) is 0.337. The fourth-order valence-electron chi connectivity index (χ4n) is 0.427. The second kappa shape index (κ2) is 5.40. The van der Waals surface area contributed by atoms with Crippen molar-refractivity contribution < 1.29 is 0 Å². The van der Waals surface area contributed by atoms with E-state index in [1.807, 2.05) is 13.8 Å². The molecule has 0 heterocycles. The number of hydrogen-bond donors (Lipinski definition) is 1. The molecule has 0 atom stereocenters. The molecule has 0 rings (SSSR count). The van der Waals surface area contributed by atoms with E-state index >= 15 is 0 Å². The van der Waals surface area contributed by atoms with Gasteiger partial charge in [0.2, 0.25) is 0 Å². The van der Waals surface area contributed by atoms with E-state index in [-0.39, 0.29) is 0 Å². The Bertz CT molecular complexity index is 136. The predicted molar refractivity (Wildman–Crippen MR) is 41.1 cm³/mol. The lowest BCUT2D eigenvalue weighted by atomic mass is 10.3. The van der Waals surface area contributed by atoms with Crippen LogP contribution in [0.2, 0.25) is 0 Å². The van der Waals surface area contributed by atoms with Gasteiger partial charge in [0.05, 0.1) is 6.54 Å². The van der Waals surface area contributed by atoms with Gasteiger partial charge in [-0.15, -0.1) is 5.92 Å². The molecule has 1 heteroatoms. The summed E-state index contributed by atoms with van der Waals surface area (Å²) in [4.78, 5) is 0. The van der Waals surface area contributed by atoms with Crippen molar-refractivity contribution in [3.05, 3.63) is 12.2 Å². The molecule has 1 nitrogen and oxygen atoms in total. The van der Waals surface area contributed by atoms with Gasteiger partial charge in [-0.2, -0.15) is 0 Å². The van der Waals surface area contributed by atoms with Crippen LogP contribution in [0.4, 0.5) is 0 Å². The van der Waals surface area contributed by atoms with Crippen LogP contribution in [0.15, 0.2) is 12.2 Å². The molecule has 0 unspecified atom stereocenters. The van der Waals surface area contributed by atoms with Crippen molar-refractivity contribution in [3.63, 3.8) is 0 Å². The van der Waals surface area contributed by atoms with Crippen LogP contribution in [-0.2, 0) is 0 Å². The molecule has 0 fully saturated rings. The average Bonchev–Trinajstić information content (AvgIpc) is 1.80. The summed E-state index contributed by atoms with van der Waals surface area (Å²) >= 11 is 0. The molecule has 0 saturated heterocycles. The second-order valence-corrected chi connectivity index (χ2v) is 1.99. The molecule has 0 saturated carbocycles. The zero-order valence-corrected chi connectivity index (χ0v) is 6.12. The van der Waals surface area contributed by atoms with Crippen molar-refractivity contribution >= 4 is 0 Å². The molecule has 0 aliphatic heterocycles. The van der Waals surface area contributed by atoms with Crippen LogP contribution in [0.3, 0.4) is 0 Å². The van der Waals surface area contributed by atoms with Crippen molar-refractivity contribution in [3.8, 4) is 11.8 Å². The SMILES string of the molecule is C=C(C)CNCC#CC. The summed E-state index contributed by atoms with van der Waals surface area (Å²) < 4.78 is 0. The highest BCUT2D eigenvalue weighted by atomic mass is 14.8. The molecule has 0 radical (unpaired) electrons. The first-order valence-corrected chi connectivity index (χ1v) is 3.02. The van der Waals surface area contributed by atoms with Crippen LogP contribution >= 0.6 is 0 Å². The summed E-state index contributed by atoms with van der Waals surface area (Å²) in [6, 6.07) is 0. The smallest absolute Gasteiger partial charge is 0.0578 e. The van der Waals surface area contributed by atoms with E-state index in [2.05, 4.69) is 23.7 Å². The van der Waals surface area contributed by atoms with Crippen LogP contribution in [0.25, 0.3) is 0 Å². The molecule has 0 aromatic rings. The zero-order valence-electron chi connectivity index (χ0n) is 6.12. The average molecular weight is 123 g/mol. The fourth-order valence-corrected chi connectivity index (χ4v) is 0.427. The molecule has 0 spiro atoms. The normalized spacial score (nSPS) is 7.78. The van der Waals surface area contributed by atoms with Gasteiger partial charge in [-0.05, 0) is 13.8 Å². The third-order valence-electron chi connectivity index (χ3n) is 0.817. The lowest BCUT2D eigenvalue weighted by Gasteiger charge is -1.96. The number of hydrogen-bond acceptors (Lipinski definition) is 1. The maximum absolute atomic E-state index is 3.74. The third-order valence-corrected chi connectivity index (χ3v) is 0.817. The highest BCUT2D eigenvalue weighted by Crippen LogP contribution is 1.79. The highest BCUT2D eigenvalue weighted by Gasteiger charge is 1.80. The van der Waals surface area contributed by atoms with Gasteiger partial charge >= 0.3 is 0 Å². The van der Waals surface area contributed by atoms with E-state index in [0.29, 0.717) is 0 Å². The number of nitrogens with one attached hydrogen (secondary N) is 1. The van der Waals surface area contributed by atoms with Crippen LogP contribution in [0.5, 0.6) is 0 Å². The van der Waals surface area contributed by atoms with Gasteiger partial charge in [0, 0.05) is 6.54 Å². The van der Waals surface area contributed by atoms with E-state index < -0.39 is 0 Å². The minimum absolute atomic E-state index is 0.767. The van der Waals surface area contributed by atoms with Crippen molar-refractivity contribution in [2.24, 2.45) is 0 Å². The summed E-state index contributed by atoms with van der Waals surface area (Å²) in [7, 11) is 0. The molecule has 1 N–H and O–H groups in total. The Morgan fingerprint density at radius 1 is 1.67 bits per heavy atom. The fraction of sp³-hybridized carbons (Fsp3) is 0.500. The third kappa shape index (κ3) is 7.26. The molecule has 9 heavy (non-hydrogen) atoms. The Balaban J connectivity index is 3.07. The van der Waals surface area contributed by atoms with Gasteiger partial charge in [0.15, 0.2) is 0 Å². The minimum atomic E-state index is 0.767. The van der Waals surface area contributed by atoms with Gasteiger partial charge in [-0.1, -0.05) is 18.1 Å². The molecule has 50 valence electrons. The Labute approximate surface area is 57.2 Å². The van der Waals surface area contributed by atoms with Crippen LogP contribution in [0.1, 0.15) is 13.8 Å². The molecule has 0 aliphatic carbocycles. The van der Waals surface area contributed by atoms with E-state index in [1.165, 1.54) is 0 Å². The van der Waals surface area contributed by atoms with Gasteiger partial charge in [-0.3, -0.25) is 0 Å². The Morgan fingerprint density at radius 2 is 2.33 bits per heavy atom. The summed E-state index contributed by atoms with van der Waals surface area (Å²) in [5.74, 6) is 5.70. The molecule has 0 amide bonds. The summed E-state index contributed by atoms with van der Waals surface area (Å²) in [6.07, 6.45) is 0. The van der Waals surface area contributed by atoms with E-state index in [0.717, 1.165) is 18.7 Å². The van der Waals surface area contributed by atoms with Crippen LogP contribution < -0.4 is 5.32 Å². The Morgan fingerprint density at radius 3 is 2.78 bits per heavy atom. The van der Waals surface area contributed by atoms with Crippen molar-refractivity contribution in [2.75, 3.05) is 13.1 Å². The zero-order chi connectivity index (χ0) is 7.11. The van der Waals surface area contributed by atoms with Crippen molar-refractivity contribution in [1.82, 2.24) is 5.32 Å². The van der Waals surface area contributed by atoms with Crippen molar-refractivity contribution in [2.45, 2.75) is 13.8 Å². The monoisotopic (exact) mass is 123 g/mol. The lowest BCUT2D eigenvalue weighted by Crippen LogP contribution is -2.15. The molecular formula is C8H13N. The Kier molecular flexibility index (Phi) is 4.95. The standard InChI is InChI=1S/C8H13N/c1-4-5-6-9-7-8(2)3/h9H,2,6-7H2,1,3H3. The minimum Gasteiger partial charge on any atom is -0.302 e. The molecule has 0 aromatic carbocycles. The first-order valence-electron chi connectivity index (χ1n) is 3.02. The summed E-state index contributed by atoms with van der Waals surface area (Å²) in [5.41, 5.74) is 1.15. The topological polar surface area (TPSA) is 12.0 Å². The van der Waals surface area contributed by atoms with E-state index in [1.54, 1.807) is 0 Å². The molecule has 0 aromatic heterocycles. The number of rotatable bonds is 3. The van der Waals surface area contributed by atoms with Crippen molar-refractivity contribution in [1.29, 1.82) is 0 Å². The van der Waals surface area contributed by atoms with Gasteiger partial charge in [0.25, 0.3) is 0 Å². The predicted octanol–water partition coefficient (Wildman–Crippen LogP) is 1.18. The largest absolute Gasteiger partial charge is 0.302 e. The van der Waals surface area contributed by atoms with Crippen LogP contribution in [-0.4, -0.2) is 13.1 Å². The van der Waals surface area contributed by atoms with Gasteiger partial charge in [-0.25, -0.2) is 0 Å². The van der Waals surface area contributed by atoms with Crippen LogP contribution in [0, 0.1) is 11.8 Å². The Hall–Kier alpha value is -0.740. The maximum Gasteiger partial charge on any atom is 0.0578 e. The maximum atomic E-state index is 3.74.